The van der Waals surface area contributed by atoms with Crippen LogP contribution in [0.15, 0.2) is 108 Å². The lowest BCUT2D eigenvalue weighted by Crippen LogP contribution is -2.31. The number of aromatic nitrogens is 1. The van der Waals surface area contributed by atoms with Crippen molar-refractivity contribution in [2.75, 3.05) is 18.5 Å². The first-order valence-corrected chi connectivity index (χ1v) is 11.4. The average Bonchev–Trinajstić information content (AvgIpc) is 3.24. The van der Waals surface area contributed by atoms with Gasteiger partial charge in [-0.3, -0.25) is 9.78 Å². The average molecular weight is 472 g/mol. The molecule has 1 unspecified atom stereocenters. The van der Waals surface area contributed by atoms with Gasteiger partial charge in [0.2, 0.25) is 5.91 Å². The minimum Gasteiger partial charge on any atom is -0.457 e. The Labute approximate surface area is 203 Å². The van der Waals surface area contributed by atoms with Crippen LogP contribution >= 0.6 is 0 Å². The van der Waals surface area contributed by atoms with Gasteiger partial charge in [-0.25, -0.2) is 9.18 Å². The molecule has 1 atom stereocenters. The van der Waals surface area contributed by atoms with Gasteiger partial charge in [0.1, 0.15) is 12.4 Å². The SMILES string of the molecule is NCC(C(=O)Nc1ccc2cnccc2c1)C1=C(F)C=C(COC(=O)C2=CCC=CC=C2)C=CC1. The lowest BCUT2D eigenvalue weighted by atomic mass is 9.94. The van der Waals surface area contributed by atoms with E-state index in [4.69, 9.17) is 10.5 Å². The molecule has 2 aliphatic carbocycles. The molecule has 2 aliphatic rings. The first kappa shape index (κ1) is 24.0. The van der Waals surface area contributed by atoms with E-state index in [0.717, 1.165) is 10.8 Å². The third-order valence-electron chi connectivity index (χ3n) is 5.77. The van der Waals surface area contributed by atoms with Gasteiger partial charge < -0.3 is 15.8 Å². The summed E-state index contributed by atoms with van der Waals surface area (Å²) in [5.74, 6) is -2.25. The number of hydrogen-bond acceptors (Lipinski definition) is 5. The predicted molar refractivity (Wildman–Crippen MR) is 135 cm³/mol. The summed E-state index contributed by atoms with van der Waals surface area (Å²) in [6.07, 6.45) is 18.0. The Hall–Kier alpha value is -4.10. The third kappa shape index (κ3) is 6.07. The Morgan fingerprint density at radius 2 is 2.03 bits per heavy atom. The van der Waals surface area contributed by atoms with Crippen LogP contribution in [0.1, 0.15) is 12.8 Å². The van der Waals surface area contributed by atoms with E-state index in [-0.39, 0.29) is 31.1 Å². The van der Waals surface area contributed by atoms with Crippen LogP contribution in [-0.4, -0.2) is 30.0 Å². The van der Waals surface area contributed by atoms with E-state index in [2.05, 4.69) is 10.3 Å². The second-order valence-electron chi connectivity index (χ2n) is 8.17. The van der Waals surface area contributed by atoms with Crippen molar-refractivity contribution in [3.05, 3.63) is 108 Å². The first-order valence-electron chi connectivity index (χ1n) is 11.4. The number of fused-ring (bicyclic) bond motifs is 1. The number of esters is 1. The molecule has 3 N–H and O–H groups in total. The van der Waals surface area contributed by atoms with Crippen molar-refractivity contribution in [3.63, 3.8) is 0 Å². The lowest BCUT2D eigenvalue weighted by molar-refractivity contribution is -0.137. The molecule has 35 heavy (non-hydrogen) atoms. The number of carbonyl (C=O) groups is 2. The zero-order valence-corrected chi connectivity index (χ0v) is 19.1. The van der Waals surface area contributed by atoms with Gasteiger partial charge in [-0.2, -0.15) is 0 Å². The molecule has 6 nitrogen and oxygen atoms in total. The number of amides is 1. The van der Waals surface area contributed by atoms with Gasteiger partial charge in [0.25, 0.3) is 0 Å². The molecule has 0 aliphatic heterocycles. The Kier molecular flexibility index (Phi) is 7.80. The van der Waals surface area contributed by atoms with E-state index >= 15 is 4.39 Å². The van der Waals surface area contributed by atoms with Crippen LogP contribution in [0.3, 0.4) is 0 Å². The summed E-state index contributed by atoms with van der Waals surface area (Å²) in [6, 6.07) is 7.32. The monoisotopic (exact) mass is 471 g/mol. The number of rotatable bonds is 7. The lowest BCUT2D eigenvalue weighted by Gasteiger charge is -2.18. The van der Waals surface area contributed by atoms with Crippen molar-refractivity contribution in [2.45, 2.75) is 12.8 Å². The molecular weight excluding hydrogens is 445 g/mol. The van der Waals surface area contributed by atoms with E-state index in [9.17, 15) is 9.59 Å². The number of benzene rings is 1. The smallest absolute Gasteiger partial charge is 0.338 e. The topological polar surface area (TPSA) is 94.3 Å². The molecule has 1 aromatic heterocycles. The number of halogens is 1. The van der Waals surface area contributed by atoms with E-state index in [1.165, 1.54) is 6.08 Å². The normalized spacial score (nSPS) is 16.3. The summed E-state index contributed by atoms with van der Waals surface area (Å²) < 4.78 is 20.5. The molecular formula is C28H26FN3O3. The first-order chi connectivity index (χ1) is 17.0. The highest BCUT2D eigenvalue weighted by molar-refractivity contribution is 5.97. The van der Waals surface area contributed by atoms with Crippen molar-refractivity contribution >= 4 is 28.3 Å². The molecule has 4 rings (SSSR count). The molecule has 0 fully saturated rings. The largest absolute Gasteiger partial charge is 0.457 e. The maximum Gasteiger partial charge on any atom is 0.338 e. The molecule has 7 heteroatoms. The number of nitrogens with one attached hydrogen (secondary N) is 1. The fourth-order valence-corrected chi connectivity index (χ4v) is 3.90. The summed E-state index contributed by atoms with van der Waals surface area (Å²) in [4.78, 5) is 29.4. The number of allylic oxidation sites excluding steroid dienone is 7. The van der Waals surface area contributed by atoms with E-state index in [1.54, 1.807) is 48.8 Å². The highest BCUT2D eigenvalue weighted by Crippen LogP contribution is 2.27. The number of ether oxygens (including phenoxy) is 1. The molecule has 1 aromatic carbocycles. The van der Waals surface area contributed by atoms with Gasteiger partial charge in [-0.05, 0) is 59.7 Å². The van der Waals surface area contributed by atoms with Gasteiger partial charge in [-0.1, -0.05) is 42.5 Å². The zero-order valence-electron chi connectivity index (χ0n) is 19.1. The van der Waals surface area contributed by atoms with Crippen LogP contribution in [0.4, 0.5) is 10.1 Å². The predicted octanol–water partition coefficient (Wildman–Crippen LogP) is 4.84. The minimum atomic E-state index is -0.847. The zero-order chi connectivity index (χ0) is 24.6. The van der Waals surface area contributed by atoms with Crippen molar-refractivity contribution in [2.24, 2.45) is 11.7 Å². The highest BCUT2D eigenvalue weighted by atomic mass is 19.1. The van der Waals surface area contributed by atoms with Gasteiger partial charge in [0.15, 0.2) is 0 Å². The number of hydrogen-bond donors (Lipinski definition) is 2. The Morgan fingerprint density at radius 1 is 1.14 bits per heavy atom. The van der Waals surface area contributed by atoms with Crippen molar-refractivity contribution in [3.8, 4) is 0 Å². The minimum absolute atomic E-state index is 0.0490. The van der Waals surface area contributed by atoms with Crippen molar-refractivity contribution in [1.29, 1.82) is 0 Å². The summed E-state index contributed by atoms with van der Waals surface area (Å²) in [5.41, 5.74) is 7.71. The number of carbonyl (C=O) groups excluding carboxylic acids is 2. The second-order valence-corrected chi connectivity index (χ2v) is 8.17. The van der Waals surface area contributed by atoms with Gasteiger partial charge in [0.05, 0.1) is 11.5 Å². The van der Waals surface area contributed by atoms with E-state index < -0.39 is 17.7 Å². The molecule has 178 valence electrons. The van der Waals surface area contributed by atoms with Crippen LogP contribution in [0.25, 0.3) is 10.8 Å². The van der Waals surface area contributed by atoms with Gasteiger partial charge in [-0.15, -0.1) is 0 Å². The molecule has 2 aromatic rings. The van der Waals surface area contributed by atoms with E-state index in [0.29, 0.717) is 23.3 Å². The van der Waals surface area contributed by atoms with Crippen molar-refractivity contribution in [1.82, 2.24) is 4.98 Å². The molecule has 1 heterocycles. The number of pyridine rings is 1. The van der Waals surface area contributed by atoms with E-state index in [1.807, 2.05) is 30.4 Å². The maximum absolute atomic E-state index is 15.2. The maximum atomic E-state index is 15.2. The molecule has 0 radical (unpaired) electrons. The van der Waals surface area contributed by atoms with Crippen LogP contribution in [0.2, 0.25) is 0 Å². The van der Waals surface area contributed by atoms with Crippen molar-refractivity contribution < 1.29 is 18.7 Å². The summed E-state index contributed by atoms with van der Waals surface area (Å²) in [6.45, 7) is -0.132. The van der Waals surface area contributed by atoms with Crippen LogP contribution < -0.4 is 11.1 Å². The van der Waals surface area contributed by atoms with Gasteiger partial charge in [0, 0.05) is 30.0 Å². The molecule has 0 saturated heterocycles. The van der Waals surface area contributed by atoms with Crippen LogP contribution in [0.5, 0.6) is 0 Å². The summed E-state index contributed by atoms with van der Waals surface area (Å²) in [7, 11) is 0. The standard InChI is InChI=1S/C28H26FN3O3/c29-26-14-19(18-35-28(34)20-7-3-1-2-4-8-20)6-5-9-24(26)25(16-30)27(33)32-23-11-10-22-17-31-13-12-21(22)15-23/h1-3,5-8,10-15,17,25H,4,9,16,18,30H2,(H,32,33). The molecule has 0 bridgehead atoms. The number of nitrogens with zero attached hydrogens (tertiary/aromatic N) is 1. The van der Waals surface area contributed by atoms with Gasteiger partial charge >= 0.3 is 5.97 Å². The third-order valence-corrected chi connectivity index (χ3v) is 5.77. The number of nitrogens with two attached hydrogens (primary N) is 1. The highest BCUT2D eigenvalue weighted by Gasteiger charge is 2.25. The Balaban J connectivity index is 1.45. The fourth-order valence-electron chi connectivity index (χ4n) is 3.90. The molecule has 1 amide bonds. The quantitative estimate of drug-likeness (QED) is 0.564. The Bertz CT molecular complexity index is 1320. The molecule has 0 saturated carbocycles. The summed E-state index contributed by atoms with van der Waals surface area (Å²) >= 11 is 0. The van der Waals surface area contributed by atoms with Crippen LogP contribution in [-0.2, 0) is 14.3 Å². The van der Waals surface area contributed by atoms with Crippen LogP contribution in [0, 0.1) is 5.92 Å². The Morgan fingerprint density at radius 3 is 2.89 bits per heavy atom. The second kappa shape index (κ2) is 11.4. The molecule has 0 spiro atoms. The summed E-state index contributed by atoms with van der Waals surface area (Å²) in [5, 5.41) is 4.72. The fraction of sp³-hybridized carbons (Fsp3) is 0.179. The number of anilines is 1.